The van der Waals surface area contributed by atoms with Gasteiger partial charge in [-0.2, -0.15) is 0 Å². The molecule has 0 amide bonds. The molecule has 1 nitrogen and oxygen atoms in total. The second-order valence-corrected chi connectivity index (χ2v) is 5.79. The Labute approximate surface area is 110 Å². The summed E-state index contributed by atoms with van der Waals surface area (Å²) in [6.45, 7) is 9.95. The van der Waals surface area contributed by atoms with Gasteiger partial charge in [-0.1, -0.05) is 39.8 Å². The Morgan fingerprint density at radius 1 is 1.12 bits per heavy atom. The molecule has 1 unspecified atom stereocenters. The van der Waals surface area contributed by atoms with Crippen molar-refractivity contribution < 1.29 is 0 Å². The van der Waals surface area contributed by atoms with E-state index in [1.165, 1.54) is 16.9 Å². The quantitative estimate of drug-likeness (QED) is 0.726. The molecule has 96 valence electrons. The summed E-state index contributed by atoms with van der Waals surface area (Å²) in [6.07, 6.45) is 1.20. The van der Waals surface area contributed by atoms with Crippen LogP contribution in [0.4, 0.5) is 0 Å². The van der Waals surface area contributed by atoms with Crippen LogP contribution in [0, 0.1) is 0 Å². The third-order valence-electron chi connectivity index (χ3n) is 2.98. The SMILES string of the molecule is CCNC(CC)CSc1ccc(C(C)C)cc1. The summed E-state index contributed by atoms with van der Waals surface area (Å²) in [7, 11) is 0. The van der Waals surface area contributed by atoms with Crippen LogP contribution >= 0.6 is 11.8 Å². The lowest BCUT2D eigenvalue weighted by Crippen LogP contribution is -2.30. The van der Waals surface area contributed by atoms with Gasteiger partial charge in [0.1, 0.15) is 0 Å². The van der Waals surface area contributed by atoms with Crippen molar-refractivity contribution in [1.29, 1.82) is 0 Å². The van der Waals surface area contributed by atoms with Gasteiger partial charge in [-0.25, -0.2) is 0 Å². The highest BCUT2D eigenvalue weighted by atomic mass is 32.2. The predicted octanol–water partition coefficient (Wildman–Crippen LogP) is 4.29. The standard InChI is InChI=1S/C15H25NS/c1-5-14(16-6-2)11-17-15-9-7-13(8-10-15)12(3)4/h7-10,12,14,16H,5-6,11H2,1-4H3. The van der Waals surface area contributed by atoms with Crippen LogP contribution in [0.25, 0.3) is 0 Å². The first-order valence-corrected chi connectivity index (χ1v) is 7.62. The molecule has 17 heavy (non-hydrogen) atoms. The van der Waals surface area contributed by atoms with E-state index in [1.54, 1.807) is 0 Å². The van der Waals surface area contributed by atoms with E-state index in [-0.39, 0.29) is 0 Å². The van der Waals surface area contributed by atoms with Crippen molar-refractivity contribution in [3.8, 4) is 0 Å². The Bertz CT molecular complexity index is 305. The number of hydrogen-bond donors (Lipinski definition) is 1. The first-order chi connectivity index (χ1) is 8.17. The van der Waals surface area contributed by atoms with Crippen LogP contribution in [-0.2, 0) is 0 Å². The summed E-state index contributed by atoms with van der Waals surface area (Å²) in [4.78, 5) is 1.38. The molecule has 0 aliphatic rings. The van der Waals surface area contributed by atoms with Crippen LogP contribution in [0.15, 0.2) is 29.2 Å². The molecule has 0 aromatic heterocycles. The van der Waals surface area contributed by atoms with Gasteiger partial charge in [-0.3, -0.25) is 0 Å². The lowest BCUT2D eigenvalue weighted by atomic mass is 10.0. The molecule has 1 aromatic carbocycles. The number of thioether (sulfide) groups is 1. The summed E-state index contributed by atoms with van der Waals surface area (Å²) < 4.78 is 0. The lowest BCUT2D eigenvalue weighted by Gasteiger charge is -2.15. The van der Waals surface area contributed by atoms with Crippen molar-refractivity contribution in [2.24, 2.45) is 0 Å². The van der Waals surface area contributed by atoms with E-state index in [9.17, 15) is 0 Å². The number of rotatable bonds is 7. The summed E-state index contributed by atoms with van der Waals surface area (Å²) in [5.74, 6) is 1.78. The molecule has 0 fully saturated rings. The van der Waals surface area contributed by atoms with Crippen LogP contribution in [-0.4, -0.2) is 18.3 Å². The minimum absolute atomic E-state index is 0.624. The van der Waals surface area contributed by atoms with E-state index >= 15 is 0 Å². The zero-order chi connectivity index (χ0) is 12.7. The molecule has 1 aromatic rings. The van der Waals surface area contributed by atoms with Crippen molar-refractivity contribution in [3.05, 3.63) is 29.8 Å². The van der Waals surface area contributed by atoms with Crippen molar-refractivity contribution >= 4 is 11.8 Å². The Morgan fingerprint density at radius 3 is 2.24 bits per heavy atom. The highest BCUT2D eigenvalue weighted by Crippen LogP contribution is 2.22. The highest BCUT2D eigenvalue weighted by Gasteiger charge is 2.05. The molecule has 0 saturated heterocycles. The first kappa shape index (κ1) is 14.6. The minimum Gasteiger partial charge on any atom is -0.313 e. The monoisotopic (exact) mass is 251 g/mol. The van der Waals surface area contributed by atoms with Crippen LogP contribution in [0.1, 0.15) is 45.6 Å². The van der Waals surface area contributed by atoms with Gasteiger partial charge in [0.05, 0.1) is 0 Å². The van der Waals surface area contributed by atoms with Gasteiger partial charge in [0, 0.05) is 16.7 Å². The average molecular weight is 251 g/mol. The van der Waals surface area contributed by atoms with E-state index in [4.69, 9.17) is 0 Å². The van der Waals surface area contributed by atoms with Gasteiger partial charge in [-0.15, -0.1) is 11.8 Å². The fourth-order valence-electron chi connectivity index (χ4n) is 1.76. The van der Waals surface area contributed by atoms with Crippen LogP contribution in [0.5, 0.6) is 0 Å². The van der Waals surface area contributed by atoms with Crippen molar-refractivity contribution in [3.63, 3.8) is 0 Å². The number of nitrogens with one attached hydrogen (secondary N) is 1. The van der Waals surface area contributed by atoms with Gasteiger partial charge in [-0.05, 0) is 36.6 Å². The minimum atomic E-state index is 0.624. The molecular formula is C15H25NS. The van der Waals surface area contributed by atoms with Crippen LogP contribution in [0.3, 0.4) is 0 Å². The summed E-state index contributed by atoms with van der Waals surface area (Å²) in [5.41, 5.74) is 1.42. The zero-order valence-corrected chi connectivity index (χ0v) is 12.3. The van der Waals surface area contributed by atoms with Gasteiger partial charge in [0.15, 0.2) is 0 Å². The average Bonchev–Trinajstić information content (AvgIpc) is 2.35. The molecule has 0 spiro atoms. The molecule has 1 rings (SSSR count). The molecule has 0 bridgehead atoms. The van der Waals surface area contributed by atoms with E-state index < -0.39 is 0 Å². The highest BCUT2D eigenvalue weighted by molar-refractivity contribution is 7.99. The third-order valence-corrected chi connectivity index (χ3v) is 4.16. The van der Waals surface area contributed by atoms with Crippen LogP contribution in [0.2, 0.25) is 0 Å². The Kier molecular flexibility index (Phi) is 6.68. The second-order valence-electron chi connectivity index (χ2n) is 4.70. The molecule has 1 atom stereocenters. The molecule has 0 radical (unpaired) electrons. The number of hydrogen-bond acceptors (Lipinski definition) is 2. The molecule has 0 saturated carbocycles. The molecule has 0 aliphatic carbocycles. The van der Waals surface area contributed by atoms with Crippen molar-refractivity contribution in [1.82, 2.24) is 5.32 Å². The van der Waals surface area contributed by atoms with Crippen LogP contribution < -0.4 is 5.32 Å². The normalized spacial score (nSPS) is 13.0. The van der Waals surface area contributed by atoms with E-state index in [2.05, 4.69) is 57.3 Å². The molecule has 1 N–H and O–H groups in total. The van der Waals surface area contributed by atoms with Gasteiger partial charge < -0.3 is 5.32 Å². The molecule has 0 heterocycles. The third kappa shape index (κ3) is 5.13. The Balaban J connectivity index is 2.46. The van der Waals surface area contributed by atoms with Crippen molar-refractivity contribution in [2.45, 2.75) is 51.0 Å². The number of benzene rings is 1. The molecule has 2 heteroatoms. The first-order valence-electron chi connectivity index (χ1n) is 6.63. The maximum absolute atomic E-state index is 3.51. The fraction of sp³-hybridized carbons (Fsp3) is 0.600. The Hall–Kier alpha value is -0.470. The fourth-order valence-corrected chi connectivity index (χ4v) is 2.83. The topological polar surface area (TPSA) is 12.0 Å². The van der Waals surface area contributed by atoms with E-state index in [0.29, 0.717) is 12.0 Å². The Morgan fingerprint density at radius 2 is 1.76 bits per heavy atom. The summed E-state index contributed by atoms with van der Waals surface area (Å²) in [5, 5.41) is 3.51. The van der Waals surface area contributed by atoms with E-state index in [0.717, 1.165) is 12.3 Å². The van der Waals surface area contributed by atoms with Crippen molar-refractivity contribution in [2.75, 3.05) is 12.3 Å². The van der Waals surface area contributed by atoms with Gasteiger partial charge >= 0.3 is 0 Å². The summed E-state index contributed by atoms with van der Waals surface area (Å²) >= 11 is 1.95. The van der Waals surface area contributed by atoms with Gasteiger partial charge in [0.2, 0.25) is 0 Å². The molecule has 0 aliphatic heterocycles. The largest absolute Gasteiger partial charge is 0.313 e. The maximum atomic E-state index is 3.51. The van der Waals surface area contributed by atoms with Gasteiger partial charge in [0.25, 0.3) is 0 Å². The summed E-state index contributed by atoms with van der Waals surface area (Å²) in [6, 6.07) is 9.63. The predicted molar refractivity (Wildman–Crippen MR) is 79.0 cm³/mol. The lowest BCUT2D eigenvalue weighted by molar-refractivity contribution is 0.560. The smallest absolute Gasteiger partial charge is 0.0158 e. The maximum Gasteiger partial charge on any atom is 0.0158 e. The zero-order valence-electron chi connectivity index (χ0n) is 11.5. The van der Waals surface area contributed by atoms with E-state index in [1.807, 2.05) is 11.8 Å². The second kappa shape index (κ2) is 7.78. The molecular weight excluding hydrogens is 226 g/mol.